The Hall–Kier alpha value is -2.27. The van der Waals surface area contributed by atoms with E-state index in [9.17, 15) is 14.7 Å². The summed E-state index contributed by atoms with van der Waals surface area (Å²) in [6.07, 6.45) is 0. The van der Waals surface area contributed by atoms with E-state index in [1.54, 1.807) is 30.3 Å². The summed E-state index contributed by atoms with van der Waals surface area (Å²) in [4.78, 5) is 26.0. The molecule has 0 bridgehead atoms. The van der Waals surface area contributed by atoms with E-state index >= 15 is 0 Å². The Morgan fingerprint density at radius 2 is 1.37 bits per heavy atom. The van der Waals surface area contributed by atoms with Gasteiger partial charge in [0.2, 0.25) is 0 Å². The molecule has 4 nitrogen and oxygen atoms in total. The highest BCUT2D eigenvalue weighted by molar-refractivity contribution is 7.98. The molecule has 3 rings (SSSR count). The minimum Gasteiger partial charge on any atom is -0.507 e. The molecule has 0 fully saturated rings. The highest BCUT2D eigenvalue weighted by Gasteiger charge is 2.38. The number of nitrogens with zero attached hydrogens (tertiary/aromatic N) is 1. The average molecular weight is 384 g/mol. The Kier molecular flexibility index (Phi) is 4.63. The van der Waals surface area contributed by atoms with Gasteiger partial charge in [-0.2, -0.15) is 0 Å². The van der Waals surface area contributed by atoms with Gasteiger partial charge in [0, 0.05) is 11.9 Å². The maximum atomic E-state index is 12.7. The van der Waals surface area contributed by atoms with Crippen molar-refractivity contribution in [3.8, 4) is 5.75 Å². The molecule has 1 aliphatic heterocycles. The maximum Gasteiger partial charge on any atom is 0.272 e. The van der Waals surface area contributed by atoms with Crippen molar-refractivity contribution in [1.82, 2.24) is 4.31 Å². The summed E-state index contributed by atoms with van der Waals surface area (Å²) in [5, 5.41) is 10.8. The first-order chi connectivity index (χ1) is 12.4. The van der Waals surface area contributed by atoms with Crippen LogP contribution in [-0.2, 0) is 10.8 Å². The molecule has 0 atom stereocenters. The van der Waals surface area contributed by atoms with Crippen molar-refractivity contribution in [2.75, 3.05) is 0 Å². The van der Waals surface area contributed by atoms with Crippen LogP contribution in [0.25, 0.3) is 0 Å². The minimum atomic E-state index is -0.347. The predicted octanol–water partition coefficient (Wildman–Crippen LogP) is 5.29. The number of phenolic OH excluding ortho intramolecular Hbond substituents is 1. The van der Waals surface area contributed by atoms with Crippen LogP contribution < -0.4 is 0 Å². The van der Waals surface area contributed by atoms with Gasteiger partial charge in [-0.05, 0) is 40.2 Å². The second-order valence-corrected chi connectivity index (χ2v) is 9.87. The van der Waals surface area contributed by atoms with Crippen molar-refractivity contribution in [1.29, 1.82) is 0 Å². The van der Waals surface area contributed by atoms with Crippen molar-refractivity contribution in [3.05, 3.63) is 58.7 Å². The van der Waals surface area contributed by atoms with Crippen molar-refractivity contribution < 1.29 is 14.7 Å². The van der Waals surface area contributed by atoms with Gasteiger partial charge in [-0.25, -0.2) is 4.31 Å². The lowest BCUT2D eigenvalue weighted by Crippen LogP contribution is -2.24. The van der Waals surface area contributed by atoms with Gasteiger partial charge in [-0.1, -0.05) is 59.7 Å². The molecule has 2 aromatic carbocycles. The highest BCUT2D eigenvalue weighted by Crippen LogP contribution is 2.44. The quantitative estimate of drug-likeness (QED) is 0.565. The van der Waals surface area contributed by atoms with Gasteiger partial charge >= 0.3 is 0 Å². The lowest BCUT2D eigenvalue weighted by molar-refractivity contribution is 0.0777. The molecule has 5 heteroatoms. The van der Waals surface area contributed by atoms with Crippen LogP contribution in [0.3, 0.4) is 0 Å². The van der Waals surface area contributed by atoms with Crippen LogP contribution >= 0.6 is 11.9 Å². The average Bonchev–Trinajstić information content (AvgIpc) is 2.79. The predicted molar refractivity (Wildman–Crippen MR) is 108 cm³/mol. The minimum absolute atomic E-state index is 0.0916. The molecule has 0 aliphatic carbocycles. The summed E-state index contributed by atoms with van der Waals surface area (Å²) in [6, 6.07) is 10.6. The van der Waals surface area contributed by atoms with Crippen molar-refractivity contribution >= 4 is 23.8 Å². The number of hydrogen-bond acceptors (Lipinski definition) is 4. The fourth-order valence-corrected chi connectivity index (χ4v) is 4.20. The summed E-state index contributed by atoms with van der Waals surface area (Å²) in [6.45, 7) is 12.4. The molecule has 0 aromatic heterocycles. The molecule has 1 N–H and O–H groups in total. The molecule has 0 spiro atoms. The molecule has 27 heavy (non-hydrogen) atoms. The number of aromatic hydroxyl groups is 1. The van der Waals surface area contributed by atoms with Crippen LogP contribution in [0, 0.1) is 0 Å². The van der Waals surface area contributed by atoms with Crippen LogP contribution in [0.4, 0.5) is 0 Å². The zero-order valence-corrected chi connectivity index (χ0v) is 17.4. The van der Waals surface area contributed by atoms with Gasteiger partial charge < -0.3 is 5.11 Å². The van der Waals surface area contributed by atoms with Gasteiger partial charge in [0.1, 0.15) is 5.75 Å². The van der Waals surface area contributed by atoms with Gasteiger partial charge in [0.25, 0.3) is 11.8 Å². The molecule has 2 amide bonds. The Bertz CT molecular complexity index is 901. The van der Waals surface area contributed by atoms with Crippen LogP contribution in [0.1, 0.15) is 73.4 Å². The Morgan fingerprint density at radius 3 is 1.81 bits per heavy atom. The van der Waals surface area contributed by atoms with E-state index in [0.717, 1.165) is 27.4 Å². The summed E-state index contributed by atoms with van der Waals surface area (Å²) in [7, 11) is 0. The van der Waals surface area contributed by atoms with E-state index in [0.29, 0.717) is 16.0 Å². The van der Waals surface area contributed by atoms with Crippen molar-refractivity contribution in [2.45, 2.75) is 57.3 Å². The van der Waals surface area contributed by atoms with Gasteiger partial charge in [0.15, 0.2) is 0 Å². The summed E-state index contributed by atoms with van der Waals surface area (Å²) in [5.41, 5.74) is 2.33. The molecule has 2 aromatic rings. The smallest absolute Gasteiger partial charge is 0.272 e. The number of amides is 2. The molecule has 0 unspecified atom stereocenters. The summed E-state index contributed by atoms with van der Waals surface area (Å²) < 4.78 is 1.14. The van der Waals surface area contributed by atoms with Crippen LogP contribution in [0.5, 0.6) is 5.75 Å². The fraction of sp³-hybridized carbons (Fsp3) is 0.364. The highest BCUT2D eigenvalue weighted by atomic mass is 32.2. The zero-order chi connectivity index (χ0) is 20.1. The molecule has 142 valence electrons. The third-order valence-corrected chi connectivity index (χ3v) is 5.81. The van der Waals surface area contributed by atoms with E-state index in [1.165, 1.54) is 0 Å². The molecular formula is C22H25NO3S. The summed E-state index contributed by atoms with van der Waals surface area (Å²) in [5.74, 6) is -0.603. The normalized spacial score (nSPS) is 14.7. The van der Waals surface area contributed by atoms with Crippen LogP contribution in [-0.4, -0.2) is 21.2 Å². The zero-order valence-electron chi connectivity index (χ0n) is 16.6. The monoisotopic (exact) mass is 383 g/mol. The molecule has 1 aliphatic rings. The van der Waals surface area contributed by atoms with Crippen LogP contribution in [0.2, 0.25) is 0 Å². The first-order valence-corrected chi connectivity index (χ1v) is 9.72. The number of fused-ring (bicyclic) bond motifs is 1. The van der Waals surface area contributed by atoms with Crippen LogP contribution in [0.15, 0.2) is 41.3 Å². The van der Waals surface area contributed by atoms with Gasteiger partial charge in [0.05, 0.1) is 16.0 Å². The third-order valence-electron chi connectivity index (χ3n) is 4.68. The van der Waals surface area contributed by atoms with E-state index in [2.05, 4.69) is 47.6 Å². The lowest BCUT2D eigenvalue weighted by atomic mass is 9.80. The Morgan fingerprint density at radius 1 is 0.852 bits per heavy atom. The Labute approximate surface area is 164 Å². The number of benzene rings is 2. The fourth-order valence-electron chi connectivity index (χ4n) is 3.04. The standard InChI is InChI=1S/C22H25NO3S/c1-21(2,3)13-11-16(22(4,5)6)18(17(24)12-13)27-23-19(25)14-9-7-8-10-15(14)20(23)26/h7-12,24H,1-6H3. The number of imide groups is 1. The first-order valence-electron chi connectivity index (χ1n) is 8.95. The number of rotatable bonds is 2. The maximum absolute atomic E-state index is 12.7. The second kappa shape index (κ2) is 6.41. The number of carbonyl (C=O) groups excluding carboxylic acids is 2. The second-order valence-electron chi connectivity index (χ2n) is 8.91. The first kappa shape index (κ1) is 19.5. The lowest BCUT2D eigenvalue weighted by Gasteiger charge is -2.28. The van der Waals surface area contributed by atoms with Crippen molar-refractivity contribution in [2.24, 2.45) is 0 Å². The van der Waals surface area contributed by atoms with E-state index in [4.69, 9.17) is 0 Å². The molecule has 1 heterocycles. The van der Waals surface area contributed by atoms with Gasteiger partial charge in [-0.15, -0.1) is 0 Å². The topological polar surface area (TPSA) is 57.6 Å². The molecule has 0 radical (unpaired) electrons. The number of hydrogen-bond donors (Lipinski definition) is 1. The van der Waals surface area contributed by atoms with Crippen molar-refractivity contribution in [3.63, 3.8) is 0 Å². The Balaban J connectivity index is 2.08. The largest absolute Gasteiger partial charge is 0.507 e. The molecule has 0 saturated heterocycles. The number of phenols is 1. The molecule has 0 saturated carbocycles. The van der Waals surface area contributed by atoms with E-state index in [1.807, 2.05) is 0 Å². The SMILES string of the molecule is CC(C)(C)c1cc(O)c(SN2C(=O)c3ccccc3C2=O)c(C(C)(C)C)c1. The van der Waals surface area contributed by atoms with E-state index in [-0.39, 0.29) is 28.4 Å². The molecular weight excluding hydrogens is 358 g/mol. The summed E-state index contributed by atoms with van der Waals surface area (Å²) >= 11 is 1.01. The third kappa shape index (κ3) is 3.48. The van der Waals surface area contributed by atoms with Gasteiger partial charge in [-0.3, -0.25) is 9.59 Å². The number of carbonyl (C=O) groups is 2. The van der Waals surface area contributed by atoms with E-state index < -0.39 is 0 Å².